The predicted octanol–water partition coefficient (Wildman–Crippen LogP) is 3.27. The molecule has 24 heavy (non-hydrogen) atoms. The van der Waals surface area contributed by atoms with E-state index in [2.05, 4.69) is 4.99 Å². The number of aryl methyl sites for hydroxylation is 1. The highest BCUT2D eigenvalue weighted by Crippen LogP contribution is 2.34. The molecule has 2 aromatic carbocycles. The molecule has 0 saturated heterocycles. The van der Waals surface area contributed by atoms with E-state index in [0.717, 1.165) is 29.5 Å². The Morgan fingerprint density at radius 3 is 2.62 bits per heavy atom. The number of amides is 1. The lowest BCUT2D eigenvalue weighted by Gasteiger charge is -2.19. The van der Waals surface area contributed by atoms with E-state index < -0.39 is 11.7 Å². The Bertz CT molecular complexity index is 886. The lowest BCUT2D eigenvalue weighted by molar-refractivity contribution is 0.100. The topological polar surface area (TPSA) is 81.5 Å². The number of halogens is 2. The summed E-state index contributed by atoms with van der Waals surface area (Å²) in [4.78, 5) is 15.6. The van der Waals surface area contributed by atoms with Crippen LogP contribution in [0.3, 0.4) is 0 Å². The number of nitrogens with two attached hydrogens (primary N) is 2. The van der Waals surface area contributed by atoms with Crippen LogP contribution in [0, 0.1) is 5.82 Å². The van der Waals surface area contributed by atoms with Gasteiger partial charge in [0.2, 0.25) is 0 Å². The highest BCUT2D eigenvalue weighted by atomic mass is 35.5. The van der Waals surface area contributed by atoms with Gasteiger partial charge in [0.05, 0.1) is 0 Å². The van der Waals surface area contributed by atoms with Gasteiger partial charge in [-0.25, -0.2) is 4.39 Å². The summed E-state index contributed by atoms with van der Waals surface area (Å²) in [7, 11) is 0. The summed E-state index contributed by atoms with van der Waals surface area (Å²) in [6.07, 6.45) is 3.58. The minimum atomic E-state index is -0.528. The van der Waals surface area contributed by atoms with Gasteiger partial charge in [-0.2, -0.15) is 4.99 Å². The second kappa shape index (κ2) is 6.45. The molecule has 0 fully saturated rings. The van der Waals surface area contributed by atoms with Gasteiger partial charge in [-0.05, 0) is 59.9 Å². The summed E-state index contributed by atoms with van der Waals surface area (Å²) < 4.78 is 14.3. The predicted molar refractivity (Wildman–Crippen MR) is 93.4 cm³/mol. The summed E-state index contributed by atoms with van der Waals surface area (Å²) in [6, 6.07) is 9.79. The Labute approximate surface area is 143 Å². The van der Waals surface area contributed by atoms with Crippen LogP contribution in [0.5, 0.6) is 0 Å². The van der Waals surface area contributed by atoms with E-state index in [1.807, 2.05) is 12.1 Å². The van der Waals surface area contributed by atoms with Crippen LogP contribution >= 0.6 is 11.6 Å². The number of benzene rings is 2. The minimum absolute atomic E-state index is 0.294. The minimum Gasteiger partial charge on any atom is -0.370 e. The lowest BCUT2D eigenvalue weighted by Crippen LogP contribution is -2.24. The van der Waals surface area contributed by atoms with E-state index in [1.54, 1.807) is 24.3 Å². The molecular formula is C18H15ClFN3O. The monoisotopic (exact) mass is 343 g/mol. The molecule has 3 rings (SSSR count). The number of nitrogens with zero attached hydrogens (tertiary/aromatic N) is 1. The zero-order valence-electron chi connectivity index (χ0n) is 12.7. The quantitative estimate of drug-likeness (QED) is 0.648. The number of hydrogen-bond donors (Lipinski definition) is 2. The molecule has 2 aromatic rings. The average molecular weight is 344 g/mol. The first-order chi connectivity index (χ1) is 11.5. The molecular weight excluding hydrogens is 329 g/mol. The molecule has 0 atom stereocenters. The van der Waals surface area contributed by atoms with Crippen LogP contribution in [0.1, 0.15) is 33.5 Å². The molecule has 0 unspecified atom stereocenters. The second-order valence-electron chi connectivity index (χ2n) is 5.49. The zero-order chi connectivity index (χ0) is 17.3. The Morgan fingerprint density at radius 1 is 1.12 bits per heavy atom. The van der Waals surface area contributed by atoms with Crippen molar-refractivity contribution in [3.05, 3.63) is 75.6 Å². The van der Waals surface area contributed by atoms with E-state index in [0.29, 0.717) is 16.1 Å². The second-order valence-corrected chi connectivity index (χ2v) is 5.93. The summed E-state index contributed by atoms with van der Waals surface area (Å²) in [5.41, 5.74) is 13.9. The lowest BCUT2D eigenvalue weighted by atomic mass is 9.85. The molecule has 0 heterocycles. The number of allylic oxidation sites excluding steroid dienone is 1. The van der Waals surface area contributed by atoms with Crippen molar-refractivity contribution in [1.82, 2.24) is 0 Å². The smallest absolute Gasteiger partial charge is 0.280 e. The van der Waals surface area contributed by atoms with Gasteiger partial charge in [-0.15, -0.1) is 0 Å². The molecule has 0 aromatic heterocycles. The normalized spacial score (nSPS) is 13.0. The maximum atomic E-state index is 14.3. The number of guanidine groups is 1. The van der Waals surface area contributed by atoms with Crippen molar-refractivity contribution >= 4 is 29.0 Å². The molecule has 0 spiro atoms. The van der Waals surface area contributed by atoms with Gasteiger partial charge >= 0.3 is 0 Å². The number of rotatable bonds is 2. The van der Waals surface area contributed by atoms with Gasteiger partial charge in [0.15, 0.2) is 5.96 Å². The Balaban J connectivity index is 2.09. The largest absolute Gasteiger partial charge is 0.370 e. The standard InChI is InChI=1S/C18H15ClFN3O/c19-12-6-7-14(16(20)9-12)13-3-1-2-10-4-5-11(8-15(10)13)17(24)23-18(21)22/h3-9H,1-2H2,(H4,21,22,23,24). The molecule has 0 radical (unpaired) electrons. The Kier molecular flexibility index (Phi) is 4.36. The first kappa shape index (κ1) is 16.2. The third-order valence-electron chi connectivity index (χ3n) is 3.86. The first-order valence-electron chi connectivity index (χ1n) is 7.38. The number of carbonyl (C=O) groups is 1. The maximum Gasteiger partial charge on any atom is 0.280 e. The molecule has 1 amide bonds. The summed E-state index contributed by atoms with van der Waals surface area (Å²) in [6.45, 7) is 0. The summed E-state index contributed by atoms with van der Waals surface area (Å²) in [5.74, 6) is -1.22. The van der Waals surface area contributed by atoms with Gasteiger partial charge in [0.25, 0.3) is 5.91 Å². The highest BCUT2D eigenvalue weighted by Gasteiger charge is 2.19. The highest BCUT2D eigenvalue weighted by molar-refractivity contribution is 6.30. The van der Waals surface area contributed by atoms with Crippen LogP contribution in [-0.4, -0.2) is 11.9 Å². The fourth-order valence-corrected chi connectivity index (χ4v) is 2.96. The average Bonchev–Trinajstić information content (AvgIpc) is 2.53. The van der Waals surface area contributed by atoms with Crippen molar-refractivity contribution in [2.75, 3.05) is 0 Å². The van der Waals surface area contributed by atoms with Crippen molar-refractivity contribution in [2.24, 2.45) is 16.5 Å². The van der Waals surface area contributed by atoms with Crippen LogP contribution < -0.4 is 11.5 Å². The number of hydrogen-bond acceptors (Lipinski definition) is 1. The summed E-state index contributed by atoms with van der Waals surface area (Å²) >= 11 is 5.83. The van der Waals surface area contributed by atoms with Crippen LogP contribution in [0.2, 0.25) is 5.02 Å². The van der Waals surface area contributed by atoms with Crippen molar-refractivity contribution in [1.29, 1.82) is 0 Å². The molecule has 4 N–H and O–H groups in total. The van der Waals surface area contributed by atoms with Gasteiger partial charge in [0.1, 0.15) is 5.82 Å². The Morgan fingerprint density at radius 2 is 1.92 bits per heavy atom. The van der Waals surface area contributed by atoms with E-state index in [-0.39, 0.29) is 5.96 Å². The summed E-state index contributed by atoms with van der Waals surface area (Å²) in [5, 5.41) is 0.338. The van der Waals surface area contributed by atoms with E-state index in [9.17, 15) is 9.18 Å². The molecule has 1 aliphatic carbocycles. The SMILES string of the molecule is NC(N)=NC(=O)c1ccc2c(c1)C(c1ccc(Cl)cc1F)=CCC2. The van der Waals surface area contributed by atoms with Crippen molar-refractivity contribution in [3.63, 3.8) is 0 Å². The molecule has 0 aliphatic heterocycles. The molecule has 0 bridgehead atoms. The van der Waals surface area contributed by atoms with Crippen LogP contribution in [0.25, 0.3) is 5.57 Å². The van der Waals surface area contributed by atoms with Gasteiger partial charge in [-0.3, -0.25) is 4.79 Å². The Hall–Kier alpha value is -2.66. The van der Waals surface area contributed by atoms with E-state index in [1.165, 1.54) is 6.07 Å². The van der Waals surface area contributed by atoms with Crippen LogP contribution in [0.4, 0.5) is 4.39 Å². The van der Waals surface area contributed by atoms with Gasteiger partial charge < -0.3 is 11.5 Å². The number of fused-ring (bicyclic) bond motifs is 1. The van der Waals surface area contributed by atoms with Crippen molar-refractivity contribution in [2.45, 2.75) is 12.8 Å². The number of aliphatic imine (C=N–C) groups is 1. The van der Waals surface area contributed by atoms with E-state index >= 15 is 0 Å². The maximum absolute atomic E-state index is 14.3. The van der Waals surface area contributed by atoms with E-state index in [4.69, 9.17) is 23.1 Å². The number of carbonyl (C=O) groups excluding carboxylic acids is 1. The van der Waals surface area contributed by atoms with Crippen LogP contribution in [-0.2, 0) is 6.42 Å². The fraction of sp³-hybridized carbons (Fsp3) is 0.111. The first-order valence-corrected chi connectivity index (χ1v) is 7.76. The van der Waals surface area contributed by atoms with Crippen LogP contribution in [0.15, 0.2) is 47.5 Å². The molecule has 4 nitrogen and oxygen atoms in total. The zero-order valence-corrected chi connectivity index (χ0v) is 13.5. The molecule has 122 valence electrons. The van der Waals surface area contributed by atoms with Crippen molar-refractivity contribution in [3.8, 4) is 0 Å². The van der Waals surface area contributed by atoms with Gasteiger partial charge in [-0.1, -0.05) is 23.7 Å². The van der Waals surface area contributed by atoms with Gasteiger partial charge in [0, 0.05) is 16.1 Å². The fourth-order valence-electron chi connectivity index (χ4n) is 2.80. The van der Waals surface area contributed by atoms with Crippen molar-refractivity contribution < 1.29 is 9.18 Å². The molecule has 1 aliphatic rings. The third-order valence-corrected chi connectivity index (χ3v) is 4.10. The third kappa shape index (κ3) is 3.16. The molecule has 6 heteroatoms. The molecule has 0 saturated carbocycles.